The molecule has 3 rings (SSSR count). The number of anilines is 1. The Balaban J connectivity index is 0.000000352. The molecule has 5 nitrogen and oxygen atoms in total. The van der Waals surface area contributed by atoms with E-state index in [1.807, 2.05) is 25.2 Å². The number of fused-ring (bicyclic) bond motifs is 1. The summed E-state index contributed by atoms with van der Waals surface area (Å²) in [7, 11) is 1.94. The first-order valence-corrected chi connectivity index (χ1v) is 14.8. The lowest BCUT2D eigenvalue weighted by Crippen LogP contribution is -2.14. The summed E-state index contributed by atoms with van der Waals surface area (Å²) in [5.41, 5.74) is 4.40. The summed E-state index contributed by atoms with van der Waals surface area (Å²) in [4.78, 5) is 27.3. The standard InChI is InChI=1S/C21H29NO3S.C11H17N/c1-3-5-6-8-16(4-2)15-25-20(24)11-12-26-19-10-7-9-18-21(19)17(14-23)13-22-18;1-11(2,3)9-5-7-10(12-4)8-6-9/h7,9-10,13-14,16,22H,3-6,8,11-12,15H2,1-2H3;5-8,12H,1-4H3. The summed E-state index contributed by atoms with van der Waals surface area (Å²) in [5.74, 6) is 0.985. The summed E-state index contributed by atoms with van der Waals surface area (Å²) in [6, 6.07) is 14.5. The average Bonchev–Trinajstić information content (AvgIpc) is 3.35. The fraction of sp³-hybridized carbons (Fsp3) is 0.500. The third-order valence-corrected chi connectivity index (χ3v) is 7.76. The molecule has 1 aromatic heterocycles. The molecule has 0 bridgehead atoms. The molecule has 0 saturated heterocycles. The van der Waals surface area contributed by atoms with E-state index in [-0.39, 0.29) is 11.4 Å². The highest BCUT2D eigenvalue weighted by Gasteiger charge is 2.13. The maximum atomic E-state index is 12.0. The number of aldehydes is 1. The van der Waals surface area contributed by atoms with Crippen LogP contribution in [-0.2, 0) is 14.9 Å². The number of ether oxygens (including phenoxy) is 1. The van der Waals surface area contributed by atoms with Crippen LogP contribution in [0.5, 0.6) is 0 Å². The van der Waals surface area contributed by atoms with Crippen LogP contribution in [0.25, 0.3) is 10.9 Å². The second kappa shape index (κ2) is 16.3. The SMILES string of the molecule is CCCCCC(CC)COC(=O)CCSc1cccc2[nH]cc(C=O)c12.CNc1ccc(C(C)(C)C)cc1. The maximum Gasteiger partial charge on any atom is 0.306 e. The molecule has 0 spiro atoms. The number of aromatic nitrogens is 1. The topological polar surface area (TPSA) is 71.2 Å². The number of nitrogens with one attached hydrogen (secondary N) is 2. The van der Waals surface area contributed by atoms with Gasteiger partial charge in [0.05, 0.1) is 13.0 Å². The lowest BCUT2D eigenvalue weighted by Gasteiger charge is -2.18. The first-order chi connectivity index (χ1) is 18.2. The van der Waals surface area contributed by atoms with Crippen molar-refractivity contribution in [2.24, 2.45) is 5.92 Å². The van der Waals surface area contributed by atoms with Crippen molar-refractivity contribution in [2.45, 2.75) is 83.5 Å². The summed E-state index contributed by atoms with van der Waals surface area (Å²) in [6.07, 6.45) is 8.82. The van der Waals surface area contributed by atoms with Crippen LogP contribution in [0.1, 0.15) is 89.1 Å². The predicted molar refractivity (Wildman–Crippen MR) is 163 cm³/mol. The van der Waals surface area contributed by atoms with Crippen molar-refractivity contribution in [3.8, 4) is 0 Å². The van der Waals surface area contributed by atoms with E-state index in [1.54, 1.807) is 18.0 Å². The van der Waals surface area contributed by atoms with E-state index in [4.69, 9.17) is 4.74 Å². The van der Waals surface area contributed by atoms with E-state index < -0.39 is 0 Å². The fourth-order valence-corrected chi connectivity index (χ4v) is 5.18. The number of thioether (sulfide) groups is 1. The van der Waals surface area contributed by atoms with Crippen LogP contribution in [0.2, 0.25) is 0 Å². The molecule has 208 valence electrons. The number of hydrogen-bond acceptors (Lipinski definition) is 5. The highest BCUT2D eigenvalue weighted by Crippen LogP contribution is 2.30. The second-order valence-electron chi connectivity index (χ2n) is 10.7. The molecule has 0 saturated carbocycles. The third-order valence-electron chi connectivity index (χ3n) is 6.70. The minimum Gasteiger partial charge on any atom is -0.465 e. The van der Waals surface area contributed by atoms with E-state index in [0.29, 0.717) is 30.3 Å². The molecular weight excluding hydrogens is 492 g/mol. The van der Waals surface area contributed by atoms with Gasteiger partial charge < -0.3 is 15.0 Å². The molecule has 6 heteroatoms. The number of esters is 1. The van der Waals surface area contributed by atoms with Gasteiger partial charge in [0.25, 0.3) is 0 Å². The Labute approximate surface area is 233 Å². The molecule has 38 heavy (non-hydrogen) atoms. The molecule has 2 N–H and O–H groups in total. The van der Waals surface area contributed by atoms with Gasteiger partial charge in [-0.2, -0.15) is 0 Å². The first-order valence-electron chi connectivity index (χ1n) is 13.8. The molecule has 0 amide bonds. The summed E-state index contributed by atoms with van der Waals surface area (Å²) < 4.78 is 5.47. The van der Waals surface area contributed by atoms with Crippen molar-refractivity contribution in [1.29, 1.82) is 0 Å². The van der Waals surface area contributed by atoms with Crippen molar-refractivity contribution in [1.82, 2.24) is 4.98 Å². The Morgan fingerprint density at radius 2 is 1.84 bits per heavy atom. The van der Waals surface area contributed by atoms with E-state index in [2.05, 4.69) is 69.2 Å². The van der Waals surface area contributed by atoms with Gasteiger partial charge in [-0.3, -0.25) is 9.59 Å². The van der Waals surface area contributed by atoms with Crippen molar-refractivity contribution < 1.29 is 14.3 Å². The zero-order valence-corrected chi connectivity index (χ0v) is 24.9. The molecule has 2 aromatic carbocycles. The lowest BCUT2D eigenvalue weighted by molar-refractivity contribution is -0.144. The Morgan fingerprint density at radius 3 is 2.45 bits per heavy atom. The Kier molecular flexibility index (Phi) is 13.5. The summed E-state index contributed by atoms with van der Waals surface area (Å²) in [6.45, 7) is 11.6. The number of unbranched alkanes of at least 4 members (excludes halogenated alkanes) is 2. The summed E-state index contributed by atoms with van der Waals surface area (Å²) in [5, 5.41) is 4.04. The normalized spacial score (nSPS) is 11.9. The van der Waals surface area contributed by atoms with Crippen LogP contribution in [0, 0.1) is 5.92 Å². The van der Waals surface area contributed by atoms with Crippen LogP contribution in [0.3, 0.4) is 0 Å². The van der Waals surface area contributed by atoms with Gasteiger partial charge in [0.2, 0.25) is 0 Å². The van der Waals surface area contributed by atoms with Gasteiger partial charge in [0.15, 0.2) is 6.29 Å². The second-order valence-corrected chi connectivity index (χ2v) is 11.8. The van der Waals surface area contributed by atoms with E-state index >= 15 is 0 Å². The average molecular weight is 539 g/mol. The van der Waals surface area contributed by atoms with Gasteiger partial charge in [0.1, 0.15) is 0 Å². The van der Waals surface area contributed by atoms with Gasteiger partial charge in [-0.15, -0.1) is 11.8 Å². The van der Waals surface area contributed by atoms with Gasteiger partial charge >= 0.3 is 5.97 Å². The molecule has 0 aliphatic rings. The number of H-pyrrole nitrogens is 1. The number of aromatic amines is 1. The van der Waals surface area contributed by atoms with E-state index in [0.717, 1.165) is 34.9 Å². The molecule has 0 radical (unpaired) electrons. The highest BCUT2D eigenvalue weighted by atomic mass is 32.2. The van der Waals surface area contributed by atoms with Gasteiger partial charge in [-0.1, -0.05) is 78.5 Å². The van der Waals surface area contributed by atoms with Crippen molar-refractivity contribution in [2.75, 3.05) is 24.7 Å². The maximum absolute atomic E-state index is 12.0. The van der Waals surface area contributed by atoms with Crippen molar-refractivity contribution in [3.05, 3.63) is 59.8 Å². The minimum atomic E-state index is -0.136. The minimum absolute atomic E-state index is 0.136. The van der Waals surface area contributed by atoms with Crippen LogP contribution in [-0.4, -0.2) is 36.6 Å². The Hall–Kier alpha value is -2.73. The molecular formula is C32H46N2O3S. The largest absolute Gasteiger partial charge is 0.465 e. The number of rotatable bonds is 13. The lowest BCUT2D eigenvalue weighted by atomic mass is 9.87. The molecule has 0 fully saturated rings. The third kappa shape index (κ3) is 10.2. The number of hydrogen-bond donors (Lipinski definition) is 2. The zero-order valence-electron chi connectivity index (χ0n) is 24.1. The van der Waals surface area contributed by atoms with Crippen LogP contribution >= 0.6 is 11.8 Å². The predicted octanol–water partition coefficient (Wildman–Crippen LogP) is 8.64. The monoisotopic (exact) mass is 538 g/mol. The zero-order chi connectivity index (χ0) is 28.0. The molecule has 1 atom stereocenters. The van der Waals surface area contributed by atoms with Crippen LogP contribution in [0.4, 0.5) is 5.69 Å². The molecule has 1 unspecified atom stereocenters. The molecule has 1 heterocycles. The Morgan fingerprint density at radius 1 is 1.11 bits per heavy atom. The Bertz CT molecular complexity index is 1120. The van der Waals surface area contributed by atoms with Gasteiger partial charge in [-0.25, -0.2) is 0 Å². The van der Waals surface area contributed by atoms with E-state index in [9.17, 15) is 9.59 Å². The smallest absolute Gasteiger partial charge is 0.306 e. The fourth-order valence-electron chi connectivity index (χ4n) is 4.14. The number of carbonyl (C=O) groups excluding carboxylic acids is 2. The van der Waals surface area contributed by atoms with Crippen LogP contribution < -0.4 is 5.32 Å². The highest BCUT2D eigenvalue weighted by molar-refractivity contribution is 7.99. The van der Waals surface area contributed by atoms with Gasteiger partial charge in [-0.05, 0) is 47.6 Å². The van der Waals surface area contributed by atoms with E-state index in [1.165, 1.54) is 30.5 Å². The molecule has 0 aliphatic carbocycles. The molecule has 3 aromatic rings. The number of carbonyl (C=O) groups is 2. The quantitative estimate of drug-likeness (QED) is 0.0986. The van der Waals surface area contributed by atoms with Crippen LogP contribution in [0.15, 0.2) is 53.6 Å². The van der Waals surface area contributed by atoms with Crippen molar-refractivity contribution >= 4 is 40.6 Å². The summed E-state index contributed by atoms with van der Waals surface area (Å²) >= 11 is 1.59. The first kappa shape index (κ1) is 31.5. The number of benzene rings is 2. The van der Waals surface area contributed by atoms with Gasteiger partial charge in [0, 0.05) is 46.0 Å². The van der Waals surface area contributed by atoms with Crippen molar-refractivity contribution in [3.63, 3.8) is 0 Å². The molecule has 0 aliphatic heterocycles.